The van der Waals surface area contributed by atoms with Crippen LogP contribution in [0.5, 0.6) is 0 Å². The van der Waals surface area contributed by atoms with Crippen molar-refractivity contribution in [2.45, 2.75) is 0 Å². The summed E-state index contributed by atoms with van der Waals surface area (Å²) in [7, 11) is 0. The minimum Gasteiger partial charge on any atom is -1.00 e. The maximum atomic E-state index is 4.35. The Hall–Kier alpha value is -2.72. The first-order chi connectivity index (χ1) is 13.9. The maximum Gasteiger partial charge on any atom is 2.00 e. The molecule has 0 amide bonds. The number of hydrogen-bond acceptors (Lipinski definition) is 0. The van der Waals surface area contributed by atoms with Crippen LogP contribution in [0.2, 0.25) is 0 Å². The van der Waals surface area contributed by atoms with Crippen molar-refractivity contribution in [3.8, 4) is 0 Å². The van der Waals surface area contributed by atoms with Crippen LogP contribution >= 0.6 is 0 Å². The maximum absolute atomic E-state index is 4.35. The van der Waals surface area contributed by atoms with Gasteiger partial charge in [0, 0.05) is 0 Å². The Morgan fingerprint density at radius 1 is 0.387 bits per heavy atom. The molecule has 4 aliphatic heterocycles. The Labute approximate surface area is 206 Å². The van der Waals surface area contributed by atoms with Crippen molar-refractivity contribution in [2.75, 3.05) is 0 Å². The Kier molecular flexibility index (Phi) is 8.76. The van der Waals surface area contributed by atoms with Crippen molar-refractivity contribution in [1.29, 1.82) is 0 Å². The fourth-order valence-corrected chi connectivity index (χ4v) is 3.36. The molecule has 0 N–H and O–H groups in total. The summed E-state index contributed by atoms with van der Waals surface area (Å²) >= 11 is 0. The molecule has 0 unspecified atom stereocenters. The van der Waals surface area contributed by atoms with Crippen molar-refractivity contribution in [1.82, 2.24) is 0 Å². The van der Waals surface area contributed by atoms with Crippen LogP contribution in [0, 0.1) is 0 Å². The van der Waals surface area contributed by atoms with Crippen LogP contribution in [0.4, 0.5) is 22.7 Å². The van der Waals surface area contributed by atoms with Crippen LogP contribution in [0.25, 0.3) is 45.6 Å². The van der Waals surface area contributed by atoms with E-state index >= 15 is 0 Å². The minimum atomic E-state index is 0. The van der Waals surface area contributed by atoms with Gasteiger partial charge in [0.2, 0.25) is 0 Å². The number of fused-ring (bicyclic) bond motifs is 6. The van der Waals surface area contributed by atoms with E-state index in [4.69, 9.17) is 0 Å². The summed E-state index contributed by atoms with van der Waals surface area (Å²) in [6.07, 6.45) is 23.2. The molecule has 4 heterocycles. The fraction of sp³-hybridized carbons (Fsp3) is 0. The molecule has 2 aromatic rings. The van der Waals surface area contributed by atoms with E-state index in [1.165, 1.54) is 0 Å². The summed E-state index contributed by atoms with van der Waals surface area (Å²) < 4.78 is 0. The molecule has 7 heteroatoms. The molecule has 0 fully saturated rings. The predicted molar refractivity (Wildman–Crippen MR) is 118 cm³/mol. The zero-order chi connectivity index (χ0) is 18.8. The van der Waals surface area contributed by atoms with Gasteiger partial charge in [-0.1, -0.05) is 72.9 Å². The summed E-state index contributed by atoms with van der Waals surface area (Å²) in [5, 5.41) is 21.9. The molecular weight excluding hydrogens is 516 g/mol. The second kappa shape index (κ2) is 11.1. The zero-order valence-electron chi connectivity index (χ0n) is 16.1. The van der Waals surface area contributed by atoms with Crippen LogP contribution in [0.15, 0.2) is 73.4 Å². The van der Waals surface area contributed by atoms with Crippen molar-refractivity contribution < 1.29 is 44.3 Å². The monoisotopic (exact) mass is 532 g/mol. The van der Waals surface area contributed by atoms with Crippen molar-refractivity contribution >= 4 is 47.1 Å². The van der Waals surface area contributed by atoms with Crippen molar-refractivity contribution in [2.24, 2.45) is 0 Å². The quantitative estimate of drug-likeness (QED) is 0.377. The third kappa shape index (κ3) is 4.96. The van der Waals surface area contributed by atoms with Gasteiger partial charge in [0.15, 0.2) is 0 Å². The van der Waals surface area contributed by atoms with Gasteiger partial charge < -0.3 is 46.1 Å². The van der Waals surface area contributed by atoms with E-state index in [0.717, 1.165) is 43.6 Å². The van der Waals surface area contributed by atoms with E-state index in [-0.39, 0.29) is 44.3 Å². The summed E-state index contributed by atoms with van der Waals surface area (Å²) in [5.41, 5.74) is 3.91. The number of allylic oxidation sites excluding steroid dienone is 4. The normalized spacial score (nSPS) is 13.9. The molecule has 0 atom stereocenters. The smallest absolute Gasteiger partial charge is 1.00 e. The SMILES string of the molecule is C1=C[N-]c2c3c(ccc2=C1)=CC=C[N-]3.C1=C[N-]c2c3c(ccc2=C1)=CC=C[N-]3.[Cl-].[Cl-].[Ru+2]. The Bertz CT molecular complexity index is 1120. The number of benzene rings is 2. The van der Waals surface area contributed by atoms with Gasteiger partial charge in [-0.2, -0.15) is 24.8 Å². The molecule has 4 aliphatic rings. The van der Waals surface area contributed by atoms with Crippen LogP contribution < -0.4 is 45.7 Å². The molecule has 31 heavy (non-hydrogen) atoms. The summed E-state index contributed by atoms with van der Waals surface area (Å²) in [5.74, 6) is 0. The summed E-state index contributed by atoms with van der Waals surface area (Å²) in [6.45, 7) is 0. The number of rotatable bonds is 0. The first-order valence-corrected chi connectivity index (χ1v) is 9.07. The molecule has 0 aliphatic carbocycles. The molecular formula is C24H16Cl2N4Ru-4. The van der Waals surface area contributed by atoms with E-state index in [9.17, 15) is 0 Å². The summed E-state index contributed by atoms with van der Waals surface area (Å²) in [4.78, 5) is 0. The van der Waals surface area contributed by atoms with Gasteiger partial charge in [0.05, 0.1) is 0 Å². The van der Waals surface area contributed by atoms with Gasteiger partial charge in [0.1, 0.15) is 0 Å². The molecule has 0 bridgehead atoms. The molecule has 0 saturated carbocycles. The van der Waals surface area contributed by atoms with Gasteiger partial charge >= 0.3 is 19.5 Å². The molecule has 0 saturated heterocycles. The standard InChI is InChI=1S/2C12H8N2.2ClH.Ru/c2*1-3-9-5-6-10-4-2-8-14-12(10)11(9)13-7-1;;;/h2*1-8H;2*1H;/q2*-2;;;+2/p-2. The van der Waals surface area contributed by atoms with Gasteiger partial charge in [-0.3, -0.25) is 0 Å². The van der Waals surface area contributed by atoms with Crippen molar-refractivity contribution in [3.63, 3.8) is 0 Å². The van der Waals surface area contributed by atoms with Gasteiger partial charge in [-0.15, -0.1) is 22.7 Å². The molecule has 0 radical (unpaired) electrons. The number of halogens is 2. The topological polar surface area (TPSA) is 56.4 Å². The van der Waals surface area contributed by atoms with E-state index in [2.05, 4.69) is 69.8 Å². The third-order valence-electron chi connectivity index (χ3n) is 4.69. The molecule has 158 valence electrons. The second-order valence-corrected chi connectivity index (χ2v) is 6.43. The Morgan fingerprint density at radius 3 is 0.839 bits per heavy atom. The first kappa shape index (κ1) is 24.6. The van der Waals surface area contributed by atoms with Crippen molar-refractivity contribution in [3.05, 3.63) is 116 Å². The Balaban J connectivity index is 0.000000201. The largest absolute Gasteiger partial charge is 2.00 e. The number of hydrogen-bond donors (Lipinski definition) is 0. The van der Waals surface area contributed by atoms with Crippen LogP contribution in [-0.2, 0) is 19.5 Å². The average Bonchev–Trinajstić information content (AvgIpc) is 2.79. The van der Waals surface area contributed by atoms with E-state index < -0.39 is 0 Å². The van der Waals surface area contributed by atoms with Gasteiger partial charge in [0.25, 0.3) is 0 Å². The fourth-order valence-electron chi connectivity index (χ4n) is 3.36. The average molecular weight is 532 g/mol. The van der Waals surface area contributed by atoms with E-state index in [0.29, 0.717) is 0 Å². The number of nitrogens with zero attached hydrogens (tertiary/aromatic N) is 4. The first-order valence-electron chi connectivity index (χ1n) is 9.07. The molecule has 6 rings (SSSR count). The van der Waals surface area contributed by atoms with E-state index in [1.807, 2.05) is 24.3 Å². The van der Waals surface area contributed by atoms with Crippen LogP contribution in [0.3, 0.4) is 0 Å². The summed E-state index contributed by atoms with van der Waals surface area (Å²) in [6, 6.07) is 8.30. The molecule has 0 spiro atoms. The van der Waals surface area contributed by atoms with Gasteiger partial charge in [-0.05, 0) is 20.9 Å². The van der Waals surface area contributed by atoms with Crippen LogP contribution in [0.1, 0.15) is 0 Å². The second-order valence-electron chi connectivity index (χ2n) is 6.43. The van der Waals surface area contributed by atoms with Gasteiger partial charge in [-0.25, -0.2) is 0 Å². The molecule has 0 aromatic heterocycles. The molecule has 2 aromatic carbocycles. The zero-order valence-corrected chi connectivity index (χ0v) is 19.4. The third-order valence-corrected chi connectivity index (χ3v) is 4.69. The van der Waals surface area contributed by atoms with E-state index in [1.54, 1.807) is 24.8 Å². The van der Waals surface area contributed by atoms with Crippen LogP contribution in [-0.4, -0.2) is 0 Å². The molecule has 4 nitrogen and oxygen atoms in total. The Morgan fingerprint density at radius 2 is 0.613 bits per heavy atom. The predicted octanol–water partition coefficient (Wildman–Crippen LogP) is -1.37. The minimum absolute atomic E-state index is 0.